The van der Waals surface area contributed by atoms with Crippen molar-refractivity contribution in [1.29, 1.82) is 0 Å². The molecule has 2 aromatic heterocycles. The Kier molecular flexibility index (Phi) is 7.24. The highest BCUT2D eigenvalue weighted by Crippen LogP contribution is 2.18. The Morgan fingerprint density at radius 2 is 2.29 bits per heavy atom. The second-order valence-electron chi connectivity index (χ2n) is 6.88. The molecule has 0 radical (unpaired) electrons. The minimum absolute atomic E-state index is 0.0480. The number of rotatable bonds is 9. The Balaban J connectivity index is 1.68. The molecule has 3 heterocycles. The Morgan fingerprint density at radius 1 is 1.43 bits per heavy atom. The molecule has 7 nitrogen and oxygen atoms in total. The number of aryl methyl sites for hydroxylation is 1. The van der Waals surface area contributed by atoms with Gasteiger partial charge in [-0.1, -0.05) is 6.07 Å². The molecule has 2 amide bonds. The molecule has 0 aliphatic carbocycles. The maximum Gasteiger partial charge on any atom is 0.237 e. The molecule has 1 saturated heterocycles. The van der Waals surface area contributed by atoms with Gasteiger partial charge in [0, 0.05) is 31.6 Å². The van der Waals surface area contributed by atoms with Crippen molar-refractivity contribution in [1.82, 2.24) is 15.1 Å². The average Bonchev–Trinajstić information content (AvgIpc) is 3.33. The fourth-order valence-corrected chi connectivity index (χ4v) is 4.04. The van der Waals surface area contributed by atoms with Crippen molar-refractivity contribution in [2.45, 2.75) is 32.5 Å². The van der Waals surface area contributed by atoms with Crippen LogP contribution in [-0.2, 0) is 27.4 Å². The third-order valence-electron chi connectivity index (χ3n) is 4.81. The molecular weight excluding hydrogens is 378 g/mol. The highest BCUT2D eigenvalue weighted by molar-refractivity contribution is 7.09. The SMILES string of the molecule is COCCN(Cc1cccs1)C(=O)C[C@@H]1C(=O)NCCN1Cc1ccc(C)o1. The number of carbonyl (C=O) groups is 2. The van der Waals surface area contributed by atoms with Gasteiger partial charge in [-0.25, -0.2) is 0 Å². The topological polar surface area (TPSA) is 75.0 Å². The number of methoxy groups -OCH3 is 1. The van der Waals surface area contributed by atoms with Crippen molar-refractivity contribution >= 4 is 23.2 Å². The van der Waals surface area contributed by atoms with Crippen molar-refractivity contribution in [3.8, 4) is 0 Å². The number of amides is 2. The van der Waals surface area contributed by atoms with Gasteiger partial charge in [-0.2, -0.15) is 0 Å². The van der Waals surface area contributed by atoms with Gasteiger partial charge in [0.15, 0.2) is 0 Å². The van der Waals surface area contributed by atoms with E-state index in [2.05, 4.69) is 5.32 Å². The molecule has 1 atom stereocenters. The van der Waals surface area contributed by atoms with Crippen LogP contribution in [0.5, 0.6) is 0 Å². The maximum absolute atomic E-state index is 13.0. The lowest BCUT2D eigenvalue weighted by atomic mass is 10.1. The fraction of sp³-hybridized carbons (Fsp3) is 0.500. The predicted molar refractivity (Wildman–Crippen MR) is 107 cm³/mol. The molecule has 0 unspecified atom stereocenters. The Morgan fingerprint density at radius 3 is 2.96 bits per heavy atom. The van der Waals surface area contributed by atoms with E-state index in [1.165, 1.54) is 0 Å². The third-order valence-corrected chi connectivity index (χ3v) is 5.67. The first-order chi connectivity index (χ1) is 13.6. The zero-order valence-electron chi connectivity index (χ0n) is 16.3. The largest absolute Gasteiger partial charge is 0.465 e. The Bertz CT molecular complexity index is 774. The first-order valence-electron chi connectivity index (χ1n) is 9.43. The summed E-state index contributed by atoms with van der Waals surface area (Å²) < 4.78 is 10.8. The van der Waals surface area contributed by atoms with E-state index in [-0.39, 0.29) is 18.2 Å². The number of nitrogens with zero attached hydrogens (tertiary/aromatic N) is 2. The summed E-state index contributed by atoms with van der Waals surface area (Å²) in [7, 11) is 1.62. The summed E-state index contributed by atoms with van der Waals surface area (Å²) >= 11 is 1.62. The van der Waals surface area contributed by atoms with Crippen molar-refractivity contribution in [3.63, 3.8) is 0 Å². The van der Waals surface area contributed by atoms with Crippen LogP contribution in [0.1, 0.15) is 22.8 Å². The first-order valence-corrected chi connectivity index (χ1v) is 10.3. The molecule has 1 fully saturated rings. The number of ether oxygens (including phenoxy) is 1. The summed E-state index contributed by atoms with van der Waals surface area (Å²) in [6, 6.07) is 7.31. The van der Waals surface area contributed by atoms with Crippen LogP contribution >= 0.6 is 11.3 Å². The first kappa shape index (κ1) is 20.6. The predicted octanol–water partition coefficient (Wildman–Crippen LogP) is 2.02. The maximum atomic E-state index is 13.0. The van der Waals surface area contributed by atoms with Crippen LogP contribution in [0.2, 0.25) is 0 Å². The number of carbonyl (C=O) groups excluding carboxylic acids is 2. The van der Waals surface area contributed by atoms with Crippen molar-refractivity contribution in [2.24, 2.45) is 0 Å². The van der Waals surface area contributed by atoms with Gasteiger partial charge in [-0.05, 0) is 30.5 Å². The number of furan rings is 1. The molecule has 28 heavy (non-hydrogen) atoms. The molecule has 152 valence electrons. The van der Waals surface area contributed by atoms with E-state index >= 15 is 0 Å². The molecular formula is C20H27N3O4S. The standard InChI is InChI=1S/C20H27N3O4S/c1-15-5-6-16(27-15)13-22-8-7-21-20(25)18(22)12-19(24)23(9-10-26-2)14-17-4-3-11-28-17/h3-6,11,18H,7-10,12-14H2,1-2H3,(H,21,25)/t18-/m1/s1. The number of hydrogen-bond acceptors (Lipinski definition) is 6. The molecule has 1 aliphatic rings. The average molecular weight is 406 g/mol. The van der Waals surface area contributed by atoms with Gasteiger partial charge in [0.1, 0.15) is 11.5 Å². The van der Waals surface area contributed by atoms with Crippen LogP contribution in [0.3, 0.4) is 0 Å². The zero-order chi connectivity index (χ0) is 19.9. The smallest absolute Gasteiger partial charge is 0.237 e. The monoisotopic (exact) mass is 405 g/mol. The van der Waals surface area contributed by atoms with Crippen LogP contribution in [0.4, 0.5) is 0 Å². The van der Waals surface area contributed by atoms with Gasteiger partial charge >= 0.3 is 0 Å². The number of piperazine rings is 1. The van der Waals surface area contributed by atoms with Crippen molar-refractivity contribution in [2.75, 3.05) is 33.4 Å². The van der Waals surface area contributed by atoms with Gasteiger partial charge in [0.05, 0.1) is 32.2 Å². The quantitative estimate of drug-likeness (QED) is 0.691. The van der Waals surface area contributed by atoms with Gasteiger partial charge < -0.3 is 19.4 Å². The summed E-state index contributed by atoms with van der Waals surface area (Å²) in [5.41, 5.74) is 0. The molecule has 1 N–H and O–H groups in total. The van der Waals surface area contributed by atoms with E-state index in [1.54, 1.807) is 23.3 Å². The molecule has 1 aliphatic heterocycles. The van der Waals surface area contributed by atoms with E-state index in [4.69, 9.17) is 9.15 Å². The van der Waals surface area contributed by atoms with Gasteiger partial charge in [-0.15, -0.1) is 11.3 Å². The second kappa shape index (κ2) is 9.86. The van der Waals surface area contributed by atoms with Crippen LogP contribution < -0.4 is 5.32 Å². The van der Waals surface area contributed by atoms with E-state index in [1.807, 2.05) is 41.5 Å². The van der Waals surface area contributed by atoms with Gasteiger partial charge in [0.25, 0.3) is 0 Å². The molecule has 0 aromatic carbocycles. The third kappa shape index (κ3) is 5.43. The van der Waals surface area contributed by atoms with Crippen molar-refractivity contribution < 1.29 is 18.7 Å². The highest BCUT2D eigenvalue weighted by Gasteiger charge is 2.33. The van der Waals surface area contributed by atoms with Crippen LogP contribution in [0.25, 0.3) is 0 Å². The summed E-state index contributed by atoms with van der Waals surface area (Å²) in [6.45, 7) is 5.17. The Labute approximate surface area is 169 Å². The lowest BCUT2D eigenvalue weighted by Crippen LogP contribution is -2.56. The van der Waals surface area contributed by atoms with Gasteiger partial charge in [0.2, 0.25) is 11.8 Å². The number of thiophene rings is 1. The summed E-state index contributed by atoms with van der Waals surface area (Å²) in [4.78, 5) is 30.5. The highest BCUT2D eigenvalue weighted by atomic mass is 32.1. The molecule has 0 spiro atoms. The number of nitrogens with one attached hydrogen (secondary N) is 1. The summed E-state index contributed by atoms with van der Waals surface area (Å²) in [5, 5.41) is 4.88. The van der Waals surface area contributed by atoms with E-state index in [0.29, 0.717) is 39.3 Å². The van der Waals surface area contributed by atoms with Gasteiger partial charge in [-0.3, -0.25) is 14.5 Å². The normalized spacial score (nSPS) is 17.5. The molecule has 2 aromatic rings. The van der Waals surface area contributed by atoms with E-state index in [0.717, 1.165) is 16.4 Å². The van der Waals surface area contributed by atoms with Crippen LogP contribution in [0, 0.1) is 6.92 Å². The van der Waals surface area contributed by atoms with Crippen LogP contribution in [-0.4, -0.2) is 61.0 Å². The zero-order valence-corrected chi connectivity index (χ0v) is 17.2. The fourth-order valence-electron chi connectivity index (χ4n) is 3.32. The lowest BCUT2D eigenvalue weighted by molar-refractivity contribution is -0.140. The Hall–Kier alpha value is -2.16. The summed E-state index contributed by atoms with van der Waals surface area (Å²) in [5.74, 6) is 1.49. The van der Waals surface area contributed by atoms with Crippen molar-refractivity contribution in [3.05, 3.63) is 46.0 Å². The molecule has 8 heteroatoms. The minimum Gasteiger partial charge on any atom is -0.465 e. The van der Waals surface area contributed by atoms with Crippen LogP contribution in [0.15, 0.2) is 34.1 Å². The molecule has 0 saturated carbocycles. The van der Waals surface area contributed by atoms with E-state index in [9.17, 15) is 9.59 Å². The minimum atomic E-state index is -0.500. The van der Waals surface area contributed by atoms with E-state index < -0.39 is 6.04 Å². The lowest BCUT2D eigenvalue weighted by Gasteiger charge is -2.35. The summed E-state index contributed by atoms with van der Waals surface area (Å²) in [6.07, 6.45) is 0.139. The number of hydrogen-bond donors (Lipinski definition) is 1. The second-order valence-corrected chi connectivity index (χ2v) is 7.91. The molecule has 3 rings (SSSR count). The molecule has 0 bridgehead atoms.